The van der Waals surface area contributed by atoms with Crippen LogP contribution in [0.25, 0.3) is 10.8 Å². The molecule has 20 heavy (non-hydrogen) atoms. The van der Waals surface area contributed by atoms with Gasteiger partial charge in [0.2, 0.25) is 0 Å². The molecule has 0 aliphatic carbocycles. The summed E-state index contributed by atoms with van der Waals surface area (Å²) < 4.78 is 0. The highest BCUT2D eigenvalue weighted by Crippen LogP contribution is 2.30. The van der Waals surface area contributed by atoms with Crippen molar-refractivity contribution in [2.75, 3.05) is 24.5 Å². The van der Waals surface area contributed by atoms with E-state index in [0.29, 0.717) is 12.0 Å². The molecule has 0 aromatic heterocycles. The van der Waals surface area contributed by atoms with Crippen LogP contribution in [-0.2, 0) is 0 Å². The van der Waals surface area contributed by atoms with Gasteiger partial charge in [0.05, 0.1) is 0 Å². The standard InChI is InChI=1S/C18H24N2/c1-3-19-17-11-12-20(13-14(17)2)18-10-6-8-15-7-4-5-9-16(15)18/h4-10,14,17,19H,3,11-13H2,1-2H3. The summed E-state index contributed by atoms with van der Waals surface area (Å²) in [5.74, 6) is 0.697. The SMILES string of the molecule is CCNC1CCN(c2cccc3ccccc23)CC1C. The van der Waals surface area contributed by atoms with Crippen LogP contribution in [0.3, 0.4) is 0 Å². The maximum absolute atomic E-state index is 3.62. The minimum atomic E-state index is 0.672. The predicted octanol–water partition coefficient (Wildman–Crippen LogP) is 3.66. The maximum atomic E-state index is 3.62. The Kier molecular flexibility index (Phi) is 3.93. The Hall–Kier alpha value is -1.54. The number of benzene rings is 2. The minimum Gasteiger partial charge on any atom is -0.371 e. The Bertz CT molecular complexity index is 573. The summed E-state index contributed by atoms with van der Waals surface area (Å²) in [4.78, 5) is 2.56. The van der Waals surface area contributed by atoms with Gasteiger partial charge in [-0.2, -0.15) is 0 Å². The predicted molar refractivity (Wildman–Crippen MR) is 87.4 cm³/mol. The maximum Gasteiger partial charge on any atom is 0.0446 e. The first-order valence-electron chi connectivity index (χ1n) is 7.75. The average Bonchev–Trinajstić information content (AvgIpc) is 2.49. The van der Waals surface area contributed by atoms with Crippen molar-refractivity contribution in [2.24, 2.45) is 5.92 Å². The average molecular weight is 268 g/mol. The van der Waals surface area contributed by atoms with Gasteiger partial charge in [-0.3, -0.25) is 0 Å². The molecule has 1 heterocycles. The van der Waals surface area contributed by atoms with Crippen LogP contribution in [0, 0.1) is 5.92 Å². The number of fused-ring (bicyclic) bond motifs is 1. The van der Waals surface area contributed by atoms with Crippen LogP contribution < -0.4 is 10.2 Å². The summed E-state index contributed by atoms with van der Waals surface area (Å²) in [6, 6.07) is 16.0. The number of rotatable bonds is 3. The van der Waals surface area contributed by atoms with E-state index in [2.05, 4.69) is 66.5 Å². The van der Waals surface area contributed by atoms with Crippen molar-refractivity contribution in [3.05, 3.63) is 42.5 Å². The van der Waals surface area contributed by atoms with E-state index in [1.807, 2.05) is 0 Å². The molecule has 2 aromatic rings. The van der Waals surface area contributed by atoms with E-state index < -0.39 is 0 Å². The molecule has 2 atom stereocenters. The Balaban J connectivity index is 1.86. The van der Waals surface area contributed by atoms with Crippen LogP contribution >= 0.6 is 0 Å². The van der Waals surface area contributed by atoms with Gasteiger partial charge in [0.25, 0.3) is 0 Å². The van der Waals surface area contributed by atoms with E-state index in [0.717, 1.165) is 19.6 Å². The lowest BCUT2D eigenvalue weighted by Crippen LogP contribution is -2.48. The molecule has 0 amide bonds. The van der Waals surface area contributed by atoms with Gasteiger partial charge in [0, 0.05) is 30.2 Å². The summed E-state index contributed by atoms with van der Waals surface area (Å²) in [7, 11) is 0. The van der Waals surface area contributed by atoms with Gasteiger partial charge in [-0.15, -0.1) is 0 Å². The summed E-state index contributed by atoms with van der Waals surface area (Å²) >= 11 is 0. The summed E-state index contributed by atoms with van der Waals surface area (Å²) in [5, 5.41) is 6.33. The summed E-state index contributed by atoms with van der Waals surface area (Å²) in [5.41, 5.74) is 1.39. The molecule has 2 heteroatoms. The lowest BCUT2D eigenvalue weighted by molar-refractivity contribution is 0.327. The fourth-order valence-electron chi connectivity index (χ4n) is 3.41. The van der Waals surface area contributed by atoms with E-state index in [9.17, 15) is 0 Å². The lowest BCUT2D eigenvalue weighted by Gasteiger charge is -2.39. The van der Waals surface area contributed by atoms with Gasteiger partial charge in [-0.1, -0.05) is 50.2 Å². The number of nitrogens with zero attached hydrogens (tertiary/aromatic N) is 1. The van der Waals surface area contributed by atoms with Crippen molar-refractivity contribution in [1.29, 1.82) is 0 Å². The first-order valence-corrected chi connectivity index (χ1v) is 7.75. The van der Waals surface area contributed by atoms with Crippen LogP contribution in [0.2, 0.25) is 0 Å². The van der Waals surface area contributed by atoms with Crippen LogP contribution in [0.15, 0.2) is 42.5 Å². The molecule has 3 rings (SSSR count). The van der Waals surface area contributed by atoms with Gasteiger partial charge >= 0.3 is 0 Å². The highest BCUT2D eigenvalue weighted by Gasteiger charge is 2.25. The largest absolute Gasteiger partial charge is 0.371 e. The molecular formula is C18H24N2. The molecule has 1 saturated heterocycles. The van der Waals surface area contributed by atoms with Gasteiger partial charge in [-0.25, -0.2) is 0 Å². The molecule has 2 unspecified atom stereocenters. The number of piperidine rings is 1. The summed E-state index contributed by atoms with van der Waals surface area (Å²) in [6.45, 7) is 7.93. The smallest absolute Gasteiger partial charge is 0.0446 e. The number of anilines is 1. The van der Waals surface area contributed by atoms with Crippen molar-refractivity contribution < 1.29 is 0 Å². The van der Waals surface area contributed by atoms with Gasteiger partial charge in [-0.05, 0) is 30.3 Å². The third-order valence-electron chi connectivity index (χ3n) is 4.48. The monoisotopic (exact) mass is 268 g/mol. The van der Waals surface area contributed by atoms with E-state index in [-0.39, 0.29) is 0 Å². The Morgan fingerprint density at radius 1 is 1.15 bits per heavy atom. The molecular weight excluding hydrogens is 244 g/mol. The fourth-order valence-corrected chi connectivity index (χ4v) is 3.41. The summed E-state index contributed by atoms with van der Waals surface area (Å²) in [6.07, 6.45) is 1.23. The van der Waals surface area contributed by atoms with Gasteiger partial charge in [0.15, 0.2) is 0 Å². The Morgan fingerprint density at radius 2 is 1.95 bits per heavy atom. The van der Waals surface area contributed by atoms with Crippen LogP contribution in [0.5, 0.6) is 0 Å². The van der Waals surface area contributed by atoms with Crippen LogP contribution in [0.1, 0.15) is 20.3 Å². The third-order valence-corrected chi connectivity index (χ3v) is 4.48. The molecule has 0 bridgehead atoms. The number of hydrogen-bond acceptors (Lipinski definition) is 2. The molecule has 2 nitrogen and oxygen atoms in total. The molecule has 0 spiro atoms. The molecule has 1 N–H and O–H groups in total. The Labute approximate surface area is 121 Å². The van der Waals surface area contributed by atoms with Crippen molar-refractivity contribution in [2.45, 2.75) is 26.3 Å². The highest BCUT2D eigenvalue weighted by molar-refractivity contribution is 5.94. The van der Waals surface area contributed by atoms with E-state index >= 15 is 0 Å². The van der Waals surface area contributed by atoms with Crippen molar-refractivity contribution in [3.8, 4) is 0 Å². The van der Waals surface area contributed by atoms with Crippen molar-refractivity contribution in [1.82, 2.24) is 5.32 Å². The van der Waals surface area contributed by atoms with Gasteiger partial charge < -0.3 is 10.2 Å². The first kappa shape index (κ1) is 13.4. The zero-order valence-electron chi connectivity index (χ0n) is 12.5. The van der Waals surface area contributed by atoms with Gasteiger partial charge in [0.1, 0.15) is 0 Å². The second-order valence-corrected chi connectivity index (χ2v) is 5.87. The molecule has 2 aromatic carbocycles. The molecule has 1 aliphatic heterocycles. The lowest BCUT2D eigenvalue weighted by atomic mass is 9.93. The zero-order chi connectivity index (χ0) is 13.9. The topological polar surface area (TPSA) is 15.3 Å². The first-order chi connectivity index (χ1) is 9.79. The number of nitrogens with one attached hydrogen (secondary N) is 1. The van der Waals surface area contributed by atoms with E-state index in [1.165, 1.54) is 22.9 Å². The third kappa shape index (κ3) is 2.53. The molecule has 1 fully saturated rings. The molecule has 106 valence electrons. The quantitative estimate of drug-likeness (QED) is 0.914. The molecule has 0 radical (unpaired) electrons. The second kappa shape index (κ2) is 5.84. The van der Waals surface area contributed by atoms with Crippen LogP contribution in [0.4, 0.5) is 5.69 Å². The van der Waals surface area contributed by atoms with Crippen molar-refractivity contribution >= 4 is 16.5 Å². The Morgan fingerprint density at radius 3 is 2.75 bits per heavy atom. The zero-order valence-corrected chi connectivity index (χ0v) is 12.5. The molecule has 0 saturated carbocycles. The second-order valence-electron chi connectivity index (χ2n) is 5.87. The minimum absolute atomic E-state index is 0.672. The van der Waals surface area contributed by atoms with Crippen LogP contribution in [-0.4, -0.2) is 25.7 Å². The van der Waals surface area contributed by atoms with Crippen molar-refractivity contribution in [3.63, 3.8) is 0 Å². The normalized spacial score (nSPS) is 23.2. The molecule has 1 aliphatic rings. The highest BCUT2D eigenvalue weighted by atomic mass is 15.2. The van der Waals surface area contributed by atoms with E-state index in [1.54, 1.807) is 0 Å². The fraction of sp³-hybridized carbons (Fsp3) is 0.444. The number of hydrogen-bond donors (Lipinski definition) is 1. The van der Waals surface area contributed by atoms with E-state index in [4.69, 9.17) is 0 Å².